The molecule has 0 aliphatic heterocycles. The van der Waals surface area contributed by atoms with Gasteiger partial charge < -0.3 is 14.6 Å². The van der Waals surface area contributed by atoms with Crippen molar-refractivity contribution in [1.29, 1.82) is 0 Å². The summed E-state index contributed by atoms with van der Waals surface area (Å²) < 4.78 is 9.42. The number of methoxy groups -OCH3 is 1. The lowest BCUT2D eigenvalue weighted by Gasteiger charge is -2.22. The van der Waals surface area contributed by atoms with E-state index in [1.807, 2.05) is 0 Å². The van der Waals surface area contributed by atoms with E-state index in [1.165, 1.54) is 13.2 Å². The summed E-state index contributed by atoms with van der Waals surface area (Å²) in [5, 5.41) is 9.50. The molecule has 0 aliphatic rings. The van der Waals surface area contributed by atoms with E-state index in [9.17, 15) is 14.7 Å². The molecular formula is C12H20O5. The van der Waals surface area contributed by atoms with Gasteiger partial charge in [-0.2, -0.15) is 0 Å². The van der Waals surface area contributed by atoms with E-state index in [-0.39, 0.29) is 0 Å². The number of ether oxygens (including phenoxy) is 2. The highest BCUT2D eigenvalue weighted by atomic mass is 16.6. The molecule has 0 aromatic carbocycles. The molecule has 5 nitrogen and oxygen atoms in total. The summed E-state index contributed by atoms with van der Waals surface area (Å²) in [6.07, 6.45) is 2.68. The first-order valence-corrected chi connectivity index (χ1v) is 5.27. The van der Waals surface area contributed by atoms with Gasteiger partial charge in [-0.1, -0.05) is 6.08 Å². The Balaban J connectivity index is 4.40. The monoisotopic (exact) mass is 244 g/mol. The average Bonchev–Trinajstić information content (AvgIpc) is 2.12. The van der Waals surface area contributed by atoms with E-state index in [1.54, 1.807) is 33.8 Å². The van der Waals surface area contributed by atoms with Gasteiger partial charge in [0.25, 0.3) is 0 Å². The van der Waals surface area contributed by atoms with Gasteiger partial charge in [-0.25, -0.2) is 0 Å². The fraction of sp³-hybridized carbons (Fsp3) is 0.667. The van der Waals surface area contributed by atoms with Crippen molar-refractivity contribution in [3.05, 3.63) is 12.2 Å². The number of hydrogen-bond acceptors (Lipinski definition) is 5. The van der Waals surface area contributed by atoms with Gasteiger partial charge in [0.05, 0.1) is 12.7 Å². The second-order valence-corrected chi connectivity index (χ2v) is 4.82. The molecule has 17 heavy (non-hydrogen) atoms. The van der Waals surface area contributed by atoms with E-state index < -0.39 is 29.6 Å². The molecule has 0 unspecified atom stereocenters. The minimum atomic E-state index is -0.980. The predicted octanol–water partition coefficient (Wildman–Crippen LogP) is 1.20. The van der Waals surface area contributed by atoms with Gasteiger partial charge in [0.2, 0.25) is 0 Å². The first kappa shape index (κ1) is 15.6. The van der Waals surface area contributed by atoms with Crippen molar-refractivity contribution in [3.63, 3.8) is 0 Å². The molecule has 0 saturated carbocycles. The Labute approximate surface area is 101 Å². The molecule has 0 atom stereocenters. The zero-order valence-corrected chi connectivity index (χ0v) is 10.9. The Kier molecular flexibility index (Phi) is 5.35. The van der Waals surface area contributed by atoms with Crippen LogP contribution in [0.3, 0.4) is 0 Å². The first-order chi connectivity index (χ1) is 7.56. The second-order valence-electron chi connectivity index (χ2n) is 4.82. The van der Waals surface area contributed by atoms with Crippen LogP contribution >= 0.6 is 0 Å². The Morgan fingerprint density at radius 2 is 1.65 bits per heavy atom. The topological polar surface area (TPSA) is 72.8 Å². The normalized spacial score (nSPS) is 12.6. The number of hydrogen-bond donors (Lipinski definition) is 1. The van der Waals surface area contributed by atoms with Gasteiger partial charge in [-0.05, 0) is 33.8 Å². The first-order valence-electron chi connectivity index (χ1n) is 5.27. The van der Waals surface area contributed by atoms with Crippen molar-refractivity contribution in [1.82, 2.24) is 0 Å². The number of esters is 2. The number of aliphatic hydroxyl groups is 1. The van der Waals surface area contributed by atoms with Crippen LogP contribution in [-0.4, -0.2) is 35.4 Å². The van der Waals surface area contributed by atoms with Crippen LogP contribution < -0.4 is 0 Å². The van der Waals surface area contributed by atoms with Gasteiger partial charge in [0.15, 0.2) is 0 Å². The molecule has 1 N–H and O–H groups in total. The molecule has 0 fully saturated rings. The van der Waals surface area contributed by atoms with Crippen LogP contribution in [0.1, 0.15) is 34.1 Å². The maximum Gasteiger partial charge on any atom is 0.317 e. The van der Waals surface area contributed by atoms with Crippen LogP contribution in [-0.2, 0) is 19.1 Å². The molecule has 0 heterocycles. The molecular weight excluding hydrogens is 224 g/mol. The second kappa shape index (κ2) is 5.82. The summed E-state index contributed by atoms with van der Waals surface area (Å²) in [6, 6.07) is 0. The third kappa shape index (κ3) is 8.45. The maximum absolute atomic E-state index is 11.3. The molecule has 0 aromatic rings. The zero-order valence-electron chi connectivity index (χ0n) is 10.9. The van der Waals surface area contributed by atoms with Gasteiger partial charge in [-0.15, -0.1) is 0 Å². The van der Waals surface area contributed by atoms with E-state index in [0.29, 0.717) is 0 Å². The van der Waals surface area contributed by atoms with Gasteiger partial charge in [0.1, 0.15) is 12.0 Å². The van der Waals surface area contributed by atoms with Crippen molar-refractivity contribution in [2.24, 2.45) is 0 Å². The van der Waals surface area contributed by atoms with Crippen molar-refractivity contribution in [2.75, 3.05) is 7.11 Å². The van der Waals surface area contributed by atoms with Crippen LogP contribution in [0.2, 0.25) is 0 Å². The smallest absolute Gasteiger partial charge is 0.317 e. The van der Waals surface area contributed by atoms with Crippen LogP contribution in [0.25, 0.3) is 0 Å². The third-order valence-corrected chi connectivity index (χ3v) is 1.79. The lowest BCUT2D eigenvalue weighted by molar-refractivity contribution is -0.158. The molecule has 0 aromatic heterocycles. The summed E-state index contributed by atoms with van der Waals surface area (Å²) in [6.45, 7) is 6.53. The van der Waals surface area contributed by atoms with Crippen LogP contribution in [0, 0.1) is 0 Å². The van der Waals surface area contributed by atoms with E-state index in [2.05, 4.69) is 4.74 Å². The van der Waals surface area contributed by atoms with Gasteiger partial charge in [-0.3, -0.25) is 9.59 Å². The predicted molar refractivity (Wildman–Crippen MR) is 62.2 cm³/mol. The molecule has 0 radical (unpaired) electrons. The number of carbonyl (C=O) groups excluding carboxylic acids is 2. The third-order valence-electron chi connectivity index (χ3n) is 1.79. The minimum Gasteiger partial charge on any atom is -0.469 e. The Hall–Kier alpha value is -1.36. The molecule has 0 rings (SSSR count). The summed E-state index contributed by atoms with van der Waals surface area (Å²) in [4.78, 5) is 22.2. The van der Waals surface area contributed by atoms with Crippen molar-refractivity contribution >= 4 is 11.9 Å². The van der Waals surface area contributed by atoms with Crippen LogP contribution in [0.4, 0.5) is 0 Å². The van der Waals surface area contributed by atoms with Crippen molar-refractivity contribution < 1.29 is 24.2 Å². The average molecular weight is 244 g/mol. The summed E-state index contributed by atoms with van der Waals surface area (Å²) in [5.41, 5.74) is -1.86. The summed E-state index contributed by atoms with van der Waals surface area (Å²) in [5.74, 6) is -1.31. The van der Waals surface area contributed by atoms with Crippen LogP contribution in [0.15, 0.2) is 12.2 Å². The highest BCUT2D eigenvalue weighted by molar-refractivity contribution is 5.91. The number of rotatable bonds is 5. The Morgan fingerprint density at radius 1 is 1.12 bits per heavy atom. The number of carbonyl (C=O) groups is 2. The van der Waals surface area contributed by atoms with Crippen molar-refractivity contribution in [2.45, 2.75) is 45.3 Å². The fourth-order valence-corrected chi connectivity index (χ4v) is 0.958. The quantitative estimate of drug-likeness (QED) is 0.447. The molecule has 0 spiro atoms. The molecule has 5 heteroatoms. The standard InChI is InChI=1S/C12H20O5/c1-11(2,15)6-7-12(3,4)17-10(14)8-9(13)16-5/h6-7,15H,8H2,1-5H3. The van der Waals surface area contributed by atoms with E-state index in [0.717, 1.165) is 0 Å². The molecule has 98 valence electrons. The summed E-state index contributed by atoms with van der Waals surface area (Å²) >= 11 is 0. The Bertz CT molecular complexity index is 309. The van der Waals surface area contributed by atoms with Gasteiger partial charge in [0, 0.05) is 0 Å². The largest absolute Gasteiger partial charge is 0.469 e. The molecule has 0 amide bonds. The fourth-order valence-electron chi connectivity index (χ4n) is 0.958. The maximum atomic E-state index is 11.3. The lowest BCUT2D eigenvalue weighted by Crippen LogP contribution is -2.28. The highest BCUT2D eigenvalue weighted by Crippen LogP contribution is 2.15. The molecule has 0 aliphatic carbocycles. The van der Waals surface area contributed by atoms with Crippen LogP contribution in [0.5, 0.6) is 0 Å². The van der Waals surface area contributed by atoms with E-state index >= 15 is 0 Å². The zero-order chi connectivity index (χ0) is 13.7. The van der Waals surface area contributed by atoms with Gasteiger partial charge >= 0.3 is 11.9 Å². The van der Waals surface area contributed by atoms with Crippen molar-refractivity contribution in [3.8, 4) is 0 Å². The SMILES string of the molecule is COC(=O)CC(=O)OC(C)(C)C=CC(C)(C)O. The Morgan fingerprint density at radius 3 is 2.06 bits per heavy atom. The molecule has 0 bridgehead atoms. The van der Waals surface area contributed by atoms with E-state index in [4.69, 9.17) is 4.74 Å². The summed E-state index contributed by atoms with van der Waals surface area (Å²) in [7, 11) is 1.20. The minimum absolute atomic E-state index is 0.420. The lowest BCUT2D eigenvalue weighted by atomic mass is 10.0. The highest BCUT2D eigenvalue weighted by Gasteiger charge is 2.22. The molecule has 0 saturated heterocycles.